The molecule has 0 unspecified atom stereocenters. The van der Waals surface area contributed by atoms with E-state index in [2.05, 4.69) is 4.98 Å². The second-order valence-electron chi connectivity index (χ2n) is 5.53. The molecule has 0 atom stereocenters. The van der Waals surface area contributed by atoms with Gasteiger partial charge in [-0.1, -0.05) is 18.2 Å². The summed E-state index contributed by atoms with van der Waals surface area (Å²) < 4.78 is 5.36. The molecule has 2 heterocycles. The van der Waals surface area contributed by atoms with Gasteiger partial charge in [-0.05, 0) is 23.8 Å². The van der Waals surface area contributed by atoms with Crippen LogP contribution in [0, 0.1) is 0 Å². The average Bonchev–Trinajstić information content (AvgIpc) is 2.91. The van der Waals surface area contributed by atoms with E-state index in [1.54, 1.807) is 48.8 Å². The maximum absolute atomic E-state index is 13.1. The fourth-order valence-electron chi connectivity index (χ4n) is 2.74. The summed E-state index contributed by atoms with van der Waals surface area (Å²) in [5, 5.41) is 9.15. The molecule has 3 rings (SSSR count). The number of aliphatic hydroxyl groups is 1. The van der Waals surface area contributed by atoms with Crippen molar-refractivity contribution in [2.75, 3.05) is 19.5 Å². The molecule has 2 amide bonds. The lowest BCUT2D eigenvalue weighted by atomic mass is 10.0. The summed E-state index contributed by atoms with van der Waals surface area (Å²) in [5.41, 5.74) is 1.71. The van der Waals surface area contributed by atoms with Crippen LogP contribution >= 0.6 is 11.8 Å². The summed E-state index contributed by atoms with van der Waals surface area (Å²) in [5.74, 6) is 0.134. The Balaban J connectivity index is 2.01. The van der Waals surface area contributed by atoms with Gasteiger partial charge in [-0.25, -0.2) is 0 Å². The van der Waals surface area contributed by atoms with Crippen LogP contribution in [-0.4, -0.2) is 46.3 Å². The van der Waals surface area contributed by atoms with Gasteiger partial charge in [0.05, 0.1) is 30.7 Å². The van der Waals surface area contributed by atoms with Crippen LogP contribution in [-0.2, 0) is 16.1 Å². The number of thioether (sulfide) groups is 1. The Kier molecular flexibility index (Phi) is 5.70. The van der Waals surface area contributed by atoms with E-state index in [4.69, 9.17) is 9.84 Å². The number of aromatic nitrogens is 1. The molecule has 0 aliphatic carbocycles. The number of aliphatic hydroxyl groups excluding tert-OH is 1. The number of amides is 2. The van der Waals surface area contributed by atoms with Crippen LogP contribution < -0.4 is 4.74 Å². The van der Waals surface area contributed by atoms with E-state index in [1.807, 2.05) is 0 Å². The molecule has 1 aliphatic rings. The van der Waals surface area contributed by atoms with Crippen LogP contribution in [0.25, 0.3) is 5.57 Å². The van der Waals surface area contributed by atoms with E-state index in [0.29, 0.717) is 27.5 Å². The largest absolute Gasteiger partial charge is 0.496 e. The Morgan fingerprint density at radius 3 is 2.54 bits per heavy atom. The van der Waals surface area contributed by atoms with Gasteiger partial charge in [-0.15, -0.1) is 11.8 Å². The van der Waals surface area contributed by atoms with Gasteiger partial charge < -0.3 is 9.84 Å². The molecule has 0 fully saturated rings. The molecule has 26 heavy (non-hydrogen) atoms. The number of carbonyl (C=O) groups is 2. The lowest BCUT2D eigenvalue weighted by Gasteiger charge is -2.15. The van der Waals surface area contributed by atoms with Gasteiger partial charge in [0.25, 0.3) is 11.8 Å². The Labute approximate surface area is 155 Å². The highest BCUT2D eigenvalue weighted by Crippen LogP contribution is 2.39. The molecule has 1 aliphatic heterocycles. The quantitative estimate of drug-likeness (QED) is 0.752. The molecule has 0 spiro atoms. The minimum atomic E-state index is -0.364. The van der Waals surface area contributed by atoms with E-state index < -0.39 is 0 Å². The standard InChI is InChI=1S/C19H18N2O4S/c1-25-15-5-3-2-4-14(15)16-17(26-11-10-22)19(24)21(18(16)23)12-13-6-8-20-9-7-13/h2-9,22H,10-12H2,1H3. The Bertz CT molecular complexity index is 852. The van der Waals surface area contributed by atoms with Gasteiger partial charge in [0.15, 0.2) is 0 Å². The molecule has 134 valence electrons. The molecule has 0 saturated heterocycles. The molecule has 6 nitrogen and oxygen atoms in total. The van der Waals surface area contributed by atoms with Gasteiger partial charge in [-0.2, -0.15) is 0 Å². The van der Waals surface area contributed by atoms with Crippen LogP contribution in [0.4, 0.5) is 0 Å². The van der Waals surface area contributed by atoms with Crippen LogP contribution in [0.5, 0.6) is 5.75 Å². The van der Waals surface area contributed by atoms with E-state index in [-0.39, 0.29) is 25.0 Å². The van der Waals surface area contributed by atoms with Crippen LogP contribution in [0.15, 0.2) is 53.7 Å². The van der Waals surface area contributed by atoms with Gasteiger partial charge in [-0.3, -0.25) is 19.5 Å². The molecule has 1 aromatic carbocycles. The van der Waals surface area contributed by atoms with E-state index >= 15 is 0 Å². The highest BCUT2D eigenvalue weighted by molar-refractivity contribution is 8.04. The molecular formula is C19H18N2O4S. The summed E-state index contributed by atoms with van der Waals surface area (Å²) >= 11 is 1.18. The molecule has 1 N–H and O–H groups in total. The zero-order chi connectivity index (χ0) is 18.5. The van der Waals surface area contributed by atoms with Crippen molar-refractivity contribution in [3.05, 3.63) is 64.8 Å². The Morgan fingerprint density at radius 1 is 1.12 bits per heavy atom. The van der Waals surface area contributed by atoms with Crippen molar-refractivity contribution in [1.29, 1.82) is 0 Å². The van der Waals surface area contributed by atoms with E-state index in [0.717, 1.165) is 5.56 Å². The lowest BCUT2D eigenvalue weighted by molar-refractivity contribution is -0.137. The molecule has 0 radical (unpaired) electrons. The summed E-state index contributed by atoms with van der Waals surface area (Å²) in [7, 11) is 1.52. The summed E-state index contributed by atoms with van der Waals surface area (Å²) in [4.78, 5) is 31.5. The fraction of sp³-hybridized carbons (Fsp3) is 0.211. The van der Waals surface area contributed by atoms with Crippen LogP contribution in [0.1, 0.15) is 11.1 Å². The highest BCUT2D eigenvalue weighted by atomic mass is 32.2. The molecular weight excluding hydrogens is 352 g/mol. The lowest BCUT2D eigenvalue weighted by Crippen LogP contribution is -2.31. The second kappa shape index (κ2) is 8.16. The third kappa shape index (κ3) is 3.49. The van der Waals surface area contributed by atoms with Crippen molar-refractivity contribution in [3.8, 4) is 5.75 Å². The third-order valence-corrected chi connectivity index (χ3v) is 4.98. The van der Waals surface area contributed by atoms with Gasteiger partial charge in [0.2, 0.25) is 0 Å². The van der Waals surface area contributed by atoms with Crippen molar-refractivity contribution < 1.29 is 19.4 Å². The number of hydrogen-bond acceptors (Lipinski definition) is 6. The van der Waals surface area contributed by atoms with Crippen molar-refractivity contribution >= 4 is 29.1 Å². The minimum absolute atomic E-state index is 0.0841. The predicted octanol–water partition coefficient (Wildman–Crippen LogP) is 2.10. The number of pyridine rings is 1. The first-order valence-corrected chi connectivity index (χ1v) is 9.02. The zero-order valence-electron chi connectivity index (χ0n) is 14.2. The molecule has 1 aromatic heterocycles. The average molecular weight is 370 g/mol. The number of para-hydroxylation sites is 1. The first-order valence-electron chi connectivity index (χ1n) is 8.03. The number of benzene rings is 1. The maximum Gasteiger partial charge on any atom is 0.268 e. The van der Waals surface area contributed by atoms with Crippen LogP contribution in [0.2, 0.25) is 0 Å². The maximum atomic E-state index is 13.1. The second-order valence-corrected chi connectivity index (χ2v) is 6.63. The SMILES string of the molecule is COc1ccccc1C1=C(SCCO)C(=O)N(Cc2ccncc2)C1=O. The smallest absolute Gasteiger partial charge is 0.268 e. The van der Waals surface area contributed by atoms with Crippen LogP contribution in [0.3, 0.4) is 0 Å². The monoisotopic (exact) mass is 370 g/mol. The van der Waals surface area contributed by atoms with Crippen molar-refractivity contribution in [1.82, 2.24) is 9.88 Å². The van der Waals surface area contributed by atoms with Gasteiger partial charge in [0, 0.05) is 23.7 Å². The van der Waals surface area contributed by atoms with E-state index in [1.165, 1.54) is 23.8 Å². The number of methoxy groups -OCH3 is 1. The summed E-state index contributed by atoms with van der Waals surface area (Å²) in [6.45, 7) is 0.0845. The predicted molar refractivity (Wildman–Crippen MR) is 99.3 cm³/mol. The molecule has 7 heteroatoms. The summed E-state index contributed by atoms with van der Waals surface area (Å²) in [6.07, 6.45) is 3.24. The van der Waals surface area contributed by atoms with Crippen molar-refractivity contribution in [3.63, 3.8) is 0 Å². The van der Waals surface area contributed by atoms with Crippen molar-refractivity contribution in [2.45, 2.75) is 6.54 Å². The topological polar surface area (TPSA) is 79.7 Å². The van der Waals surface area contributed by atoms with Gasteiger partial charge >= 0.3 is 0 Å². The fourth-order valence-corrected chi connectivity index (χ4v) is 3.61. The highest BCUT2D eigenvalue weighted by Gasteiger charge is 2.40. The Hall–Kier alpha value is -2.64. The van der Waals surface area contributed by atoms with Crippen molar-refractivity contribution in [2.24, 2.45) is 0 Å². The number of carbonyl (C=O) groups excluding carboxylic acids is 2. The number of ether oxygens (including phenoxy) is 1. The summed E-state index contributed by atoms with van der Waals surface area (Å²) in [6, 6.07) is 10.6. The van der Waals surface area contributed by atoms with E-state index in [9.17, 15) is 9.59 Å². The molecule has 0 saturated carbocycles. The number of hydrogen-bond donors (Lipinski definition) is 1. The minimum Gasteiger partial charge on any atom is -0.496 e. The zero-order valence-corrected chi connectivity index (χ0v) is 15.0. The first-order chi connectivity index (χ1) is 12.7. The number of nitrogens with zero attached hydrogens (tertiary/aromatic N) is 2. The number of rotatable bonds is 7. The normalized spacial score (nSPS) is 14.3. The number of imide groups is 1. The third-order valence-electron chi connectivity index (χ3n) is 3.93. The molecule has 2 aromatic rings. The Morgan fingerprint density at radius 2 is 1.85 bits per heavy atom. The molecule has 0 bridgehead atoms. The van der Waals surface area contributed by atoms with Gasteiger partial charge in [0.1, 0.15) is 5.75 Å². The first kappa shape index (κ1) is 18.2.